The fourth-order valence-corrected chi connectivity index (χ4v) is 5.44. The van der Waals surface area contributed by atoms with E-state index in [0.717, 1.165) is 11.4 Å². The van der Waals surface area contributed by atoms with Crippen molar-refractivity contribution in [1.29, 1.82) is 0 Å². The molecule has 0 N–H and O–H groups in total. The average Bonchev–Trinajstić information content (AvgIpc) is 3.42. The van der Waals surface area contributed by atoms with Gasteiger partial charge in [0.25, 0.3) is 0 Å². The average molecular weight is 442 g/mol. The van der Waals surface area contributed by atoms with Crippen LogP contribution in [0.3, 0.4) is 0 Å². The van der Waals surface area contributed by atoms with Gasteiger partial charge >= 0.3 is 0 Å². The minimum atomic E-state index is 0.963. The number of hydrogen-bond donors (Lipinski definition) is 0. The Hall–Kier alpha value is -4.11. The Balaban J connectivity index is 1.61. The zero-order chi connectivity index (χ0) is 23.4. The number of fused-ring (bicyclic) bond motifs is 3. The predicted molar refractivity (Wildman–Crippen MR) is 142 cm³/mol. The Bertz CT molecular complexity index is 1670. The lowest BCUT2D eigenvalue weighted by atomic mass is 10.0. The van der Waals surface area contributed by atoms with Gasteiger partial charge in [-0.1, -0.05) is 54.1 Å². The van der Waals surface area contributed by atoms with Crippen LogP contribution in [-0.4, -0.2) is 14.1 Å². The second-order valence-corrected chi connectivity index (χ2v) is 9.24. The molecule has 0 spiro atoms. The Morgan fingerprint density at radius 2 is 1.35 bits per heavy atom. The second-order valence-electron chi connectivity index (χ2n) is 9.24. The minimum absolute atomic E-state index is 0.963. The van der Waals surface area contributed by atoms with Crippen LogP contribution in [0.15, 0.2) is 91.3 Å². The third kappa shape index (κ3) is 3.08. The van der Waals surface area contributed by atoms with E-state index >= 15 is 0 Å². The van der Waals surface area contributed by atoms with E-state index in [1.54, 1.807) is 0 Å². The van der Waals surface area contributed by atoms with E-state index in [1.807, 2.05) is 6.20 Å². The minimum Gasteiger partial charge on any atom is -0.309 e. The molecule has 0 aliphatic carbocycles. The van der Waals surface area contributed by atoms with Crippen LogP contribution >= 0.6 is 0 Å². The van der Waals surface area contributed by atoms with Gasteiger partial charge in [0.15, 0.2) is 0 Å². The molecular weight excluding hydrogens is 414 g/mol. The molecule has 166 valence electrons. The van der Waals surface area contributed by atoms with Crippen molar-refractivity contribution in [3.63, 3.8) is 0 Å². The van der Waals surface area contributed by atoms with Crippen molar-refractivity contribution in [1.82, 2.24) is 14.1 Å². The van der Waals surface area contributed by atoms with Crippen LogP contribution in [0.4, 0.5) is 0 Å². The van der Waals surface area contributed by atoms with E-state index in [1.165, 1.54) is 55.4 Å². The standard InChI is InChI=1S/C31H27N3/c1-20-17-22(3)30(23(4)18-20)33-16-15-32-31(33)24-13-14-29-26(19-24)25-10-6-8-12-28(25)34(29)27-11-7-5-9-21(27)2/h5-19H,1-4H3. The maximum Gasteiger partial charge on any atom is 0.144 e. The molecular formula is C31H27N3. The summed E-state index contributed by atoms with van der Waals surface area (Å²) < 4.78 is 4.61. The number of benzene rings is 4. The quantitative estimate of drug-likeness (QED) is 0.274. The summed E-state index contributed by atoms with van der Waals surface area (Å²) in [7, 11) is 0. The van der Waals surface area contributed by atoms with Crippen molar-refractivity contribution in [2.24, 2.45) is 0 Å². The lowest BCUT2D eigenvalue weighted by Gasteiger charge is -2.15. The first-order valence-electron chi connectivity index (χ1n) is 11.7. The summed E-state index contributed by atoms with van der Waals surface area (Å²) >= 11 is 0. The van der Waals surface area contributed by atoms with E-state index in [4.69, 9.17) is 4.98 Å². The molecule has 0 fully saturated rings. The summed E-state index contributed by atoms with van der Waals surface area (Å²) in [4.78, 5) is 4.79. The van der Waals surface area contributed by atoms with Gasteiger partial charge in [0, 0.05) is 34.4 Å². The SMILES string of the molecule is Cc1cc(C)c(-n2ccnc2-c2ccc3c(c2)c2ccccc2n3-c2ccccc2C)c(C)c1. The summed E-state index contributed by atoms with van der Waals surface area (Å²) in [6.07, 6.45) is 3.97. The number of aryl methyl sites for hydroxylation is 4. The van der Waals surface area contributed by atoms with Gasteiger partial charge in [-0.2, -0.15) is 0 Å². The first-order valence-corrected chi connectivity index (χ1v) is 11.7. The molecule has 0 atom stereocenters. The second kappa shape index (κ2) is 7.74. The lowest BCUT2D eigenvalue weighted by Crippen LogP contribution is -2.02. The molecule has 0 aliphatic heterocycles. The van der Waals surface area contributed by atoms with Gasteiger partial charge in [-0.15, -0.1) is 0 Å². The van der Waals surface area contributed by atoms with Gasteiger partial charge in [0.05, 0.1) is 16.7 Å². The van der Waals surface area contributed by atoms with Crippen molar-refractivity contribution in [2.45, 2.75) is 27.7 Å². The van der Waals surface area contributed by atoms with E-state index in [2.05, 4.69) is 122 Å². The number of aromatic nitrogens is 3. The molecule has 0 bridgehead atoms. The maximum atomic E-state index is 4.79. The van der Waals surface area contributed by atoms with Crippen LogP contribution in [0.2, 0.25) is 0 Å². The van der Waals surface area contributed by atoms with Crippen LogP contribution in [0.25, 0.3) is 44.6 Å². The highest BCUT2D eigenvalue weighted by Gasteiger charge is 2.17. The van der Waals surface area contributed by atoms with Crippen LogP contribution in [-0.2, 0) is 0 Å². The van der Waals surface area contributed by atoms with Gasteiger partial charge < -0.3 is 4.57 Å². The summed E-state index contributed by atoms with van der Waals surface area (Å²) in [5.74, 6) is 0.963. The smallest absolute Gasteiger partial charge is 0.144 e. The maximum absolute atomic E-state index is 4.79. The third-order valence-corrected chi connectivity index (χ3v) is 6.80. The van der Waals surface area contributed by atoms with Crippen LogP contribution in [0.1, 0.15) is 22.3 Å². The van der Waals surface area contributed by atoms with E-state index in [9.17, 15) is 0 Å². The van der Waals surface area contributed by atoms with Crippen LogP contribution in [0.5, 0.6) is 0 Å². The van der Waals surface area contributed by atoms with Crippen molar-refractivity contribution in [3.05, 3.63) is 114 Å². The Morgan fingerprint density at radius 1 is 0.647 bits per heavy atom. The molecule has 0 unspecified atom stereocenters. The van der Waals surface area contributed by atoms with Gasteiger partial charge in [-0.3, -0.25) is 4.57 Å². The largest absolute Gasteiger partial charge is 0.309 e. The first kappa shape index (κ1) is 20.5. The fourth-order valence-electron chi connectivity index (χ4n) is 5.44. The van der Waals surface area contributed by atoms with E-state index in [-0.39, 0.29) is 0 Å². The van der Waals surface area contributed by atoms with Crippen molar-refractivity contribution >= 4 is 21.8 Å². The zero-order valence-electron chi connectivity index (χ0n) is 20.0. The molecule has 3 nitrogen and oxygen atoms in total. The Kier molecular flexibility index (Phi) is 4.66. The van der Waals surface area contributed by atoms with Crippen molar-refractivity contribution in [3.8, 4) is 22.8 Å². The van der Waals surface area contributed by atoms with Crippen molar-refractivity contribution < 1.29 is 0 Å². The number of rotatable bonds is 3. The van der Waals surface area contributed by atoms with Gasteiger partial charge in [-0.25, -0.2) is 4.98 Å². The highest BCUT2D eigenvalue weighted by atomic mass is 15.1. The zero-order valence-corrected chi connectivity index (χ0v) is 20.0. The van der Waals surface area contributed by atoms with E-state index < -0.39 is 0 Å². The summed E-state index contributed by atoms with van der Waals surface area (Å²) in [5, 5.41) is 2.49. The van der Waals surface area contributed by atoms with Crippen molar-refractivity contribution in [2.75, 3.05) is 0 Å². The monoisotopic (exact) mass is 441 g/mol. The number of para-hydroxylation sites is 2. The van der Waals surface area contributed by atoms with Gasteiger partial charge in [0.1, 0.15) is 5.82 Å². The summed E-state index contributed by atoms with van der Waals surface area (Å²) in [6, 6.07) is 28.5. The molecule has 34 heavy (non-hydrogen) atoms. The number of nitrogens with zero attached hydrogens (tertiary/aromatic N) is 3. The Labute approximate surface area is 199 Å². The predicted octanol–water partition coefficient (Wildman–Crippen LogP) is 7.87. The molecule has 6 rings (SSSR count). The normalized spacial score (nSPS) is 11.5. The number of imidazole rings is 1. The molecule has 0 amide bonds. The molecule has 6 aromatic rings. The first-order chi connectivity index (χ1) is 16.5. The number of hydrogen-bond acceptors (Lipinski definition) is 1. The highest BCUT2D eigenvalue weighted by Crippen LogP contribution is 2.36. The van der Waals surface area contributed by atoms with Gasteiger partial charge in [-0.05, 0) is 74.7 Å². The molecule has 2 aromatic heterocycles. The molecule has 4 aromatic carbocycles. The van der Waals surface area contributed by atoms with Crippen LogP contribution in [0, 0.1) is 27.7 Å². The fraction of sp³-hybridized carbons (Fsp3) is 0.129. The molecule has 0 saturated heterocycles. The van der Waals surface area contributed by atoms with Gasteiger partial charge in [0.2, 0.25) is 0 Å². The third-order valence-electron chi connectivity index (χ3n) is 6.80. The lowest BCUT2D eigenvalue weighted by molar-refractivity contribution is 1.03. The van der Waals surface area contributed by atoms with E-state index in [0.29, 0.717) is 0 Å². The molecule has 0 aliphatic rings. The molecule has 0 saturated carbocycles. The molecule has 3 heteroatoms. The molecule has 2 heterocycles. The Morgan fingerprint density at radius 3 is 2.15 bits per heavy atom. The summed E-state index contributed by atoms with van der Waals surface area (Å²) in [5.41, 5.74) is 11.0. The molecule has 0 radical (unpaired) electrons. The summed E-state index contributed by atoms with van der Waals surface area (Å²) in [6.45, 7) is 8.68. The van der Waals surface area contributed by atoms with Crippen LogP contribution < -0.4 is 0 Å². The highest BCUT2D eigenvalue weighted by molar-refractivity contribution is 6.10. The topological polar surface area (TPSA) is 22.8 Å².